The van der Waals surface area contributed by atoms with Crippen molar-refractivity contribution in [1.29, 1.82) is 0 Å². The maximum absolute atomic E-state index is 12.6. The van der Waals surface area contributed by atoms with Gasteiger partial charge in [-0.15, -0.1) is 0 Å². The van der Waals surface area contributed by atoms with Crippen LogP contribution in [0.5, 0.6) is 5.75 Å². The minimum atomic E-state index is -0.884. The Kier molecular flexibility index (Phi) is 5.85. The number of fused-ring (bicyclic) bond motifs is 1. The van der Waals surface area contributed by atoms with Crippen LogP contribution in [0, 0.1) is 0 Å². The van der Waals surface area contributed by atoms with Crippen LogP contribution in [0.4, 0.5) is 4.79 Å². The van der Waals surface area contributed by atoms with E-state index in [2.05, 4.69) is 10.6 Å². The Morgan fingerprint density at radius 3 is 2.84 bits per heavy atom. The predicted molar refractivity (Wildman–Crippen MR) is 107 cm³/mol. The molecule has 0 fully saturated rings. The van der Waals surface area contributed by atoms with E-state index in [1.54, 1.807) is 37.3 Å². The number of nitrogens with one attached hydrogen (secondary N) is 2. The third kappa shape index (κ3) is 4.36. The summed E-state index contributed by atoms with van der Waals surface area (Å²) < 4.78 is 21.5. The molecule has 9 nitrogen and oxygen atoms in total. The number of benzene rings is 1. The first-order valence-corrected chi connectivity index (χ1v) is 9.97. The highest BCUT2D eigenvalue weighted by Gasteiger charge is 2.37. The molecule has 3 heterocycles. The van der Waals surface area contributed by atoms with Gasteiger partial charge >= 0.3 is 18.0 Å². The van der Waals surface area contributed by atoms with E-state index in [0.717, 1.165) is 5.56 Å². The van der Waals surface area contributed by atoms with E-state index in [9.17, 15) is 14.4 Å². The predicted octanol–water partition coefficient (Wildman–Crippen LogP) is 2.65. The van der Waals surface area contributed by atoms with E-state index in [-0.39, 0.29) is 24.5 Å². The van der Waals surface area contributed by atoms with Gasteiger partial charge in [-0.05, 0) is 42.8 Å². The van der Waals surface area contributed by atoms with Crippen molar-refractivity contribution in [2.45, 2.75) is 25.5 Å². The number of ether oxygens (including phenoxy) is 3. The lowest BCUT2D eigenvalue weighted by atomic mass is 10.0. The largest absolute Gasteiger partial charge is 0.478 e. The Bertz CT molecular complexity index is 1050. The van der Waals surface area contributed by atoms with Gasteiger partial charge in [-0.3, -0.25) is 0 Å². The summed E-state index contributed by atoms with van der Waals surface area (Å²) in [6.07, 6.45) is 0.882. The lowest BCUT2D eigenvalue weighted by molar-refractivity contribution is -0.150. The average Bonchev–Trinajstić information content (AvgIpc) is 3.41. The van der Waals surface area contributed by atoms with Crippen LogP contribution in [0.25, 0.3) is 0 Å². The summed E-state index contributed by atoms with van der Waals surface area (Å²) in [5, 5.41) is 5.68. The van der Waals surface area contributed by atoms with Gasteiger partial charge in [0, 0.05) is 11.4 Å². The maximum Gasteiger partial charge on any atom is 0.348 e. The first kappa shape index (κ1) is 20.8. The van der Waals surface area contributed by atoms with Crippen molar-refractivity contribution in [3.05, 3.63) is 64.2 Å². The van der Waals surface area contributed by atoms with Crippen LogP contribution < -0.4 is 15.4 Å². The summed E-state index contributed by atoms with van der Waals surface area (Å²) in [5.41, 5.74) is 0.996. The van der Waals surface area contributed by atoms with Crippen LogP contribution in [0.1, 0.15) is 24.3 Å². The number of amides is 2. The second-order valence-corrected chi connectivity index (χ2v) is 7.27. The Morgan fingerprint density at radius 2 is 2.10 bits per heavy atom. The molecule has 2 atom stereocenters. The number of carbonyl (C=O) groups excluding carboxylic acids is 3. The van der Waals surface area contributed by atoms with Crippen molar-refractivity contribution >= 4 is 29.6 Å². The molecule has 0 radical (unpaired) electrons. The Labute approximate surface area is 182 Å². The first-order chi connectivity index (χ1) is 15.0. The molecule has 0 unspecified atom stereocenters. The fraction of sp³-hybridized carbons (Fsp3) is 0.286. The highest BCUT2D eigenvalue weighted by molar-refractivity contribution is 6.30. The van der Waals surface area contributed by atoms with Crippen molar-refractivity contribution in [1.82, 2.24) is 10.6 Å². The topological polar surface area (TPSA) is 116 Å². The number of esters is 2. The summed E-state index contributed by atoms with van der Waals surface area (Å²) in [6.45, 7) is 1.44. The van der Waals surface area contributed by atoms with Gasteiger partial charge in [0.1, 0.15) is 24.2 Å². The summed E-state index contributed by atoms with van der Waals surface area (Å²) in [5.74, 6) is -0.397. The number of carbonyl (C=O) groups is 3. The molecule has 2 aromatic rings. The van der Waals surface area contributed by atoms with Crippen LogP contribution in [-0.2, 0) is 25.5 Å². The third-order valence-electron chi connectivity index (χ3n) is 4.80. The highest BCUT2D eigenvalue weighted by atomic mass is 35.5. The zero-order valence-corrected chi connectivity index (χ0v) is 17.2. The van der Waals surface area contributed by atoms with Crippen LogP contribution in [0.2, 0.25) is 5.02 Å². The van der Waals surface area contributed by atoms with Gasteiger partial charge in [0.25, 0.3) is 0 Å². The van der Waals surface area contributed by atoms with Crippen molar-refractivity contribution in [3.63, 3.8) is 0 Å². The van der Waals surface area contributed by atoms with Crippen molar-refractivity contribution in [2.24, 2.45) is 0 Å². The number of rotatable bonds is 6. The zero-order valence-electron chi connectivity index (χ0n) is 16.5. The van der Waals surface area contributed by atoms with E-state index >= 15 is 0 Å². The monoisotopic (exact) mass is 446 g/mol. The minimum Gasteiger partial charge on any atom is -0.478 e. The van der Waals surface area contributed by atoms with Gasteiger partial charge in [-0.2, -0.15) is 0 Å². The summed E-state index contributed by atoms with van der Waals surface area (Å²) >= 11 is 5.98. The first-order valence-electron chi connectivity index (χ1n) is 9.59. The molecule has 0 saturated carbocycles. The molecule has 2 aliphatic heterocycles. The quantitative estimate of drug-likeness (QED) is 0.655. The summed E-state index contributed by atoms with van der Waals surface area (Å²) in [6, 6.07) is 6.88. The normalized spacial score (nSPS) is 19.7. The van der Waals surface area contributed by atoms with Gasteiger partial charge in [0.05, 0.1) is 24.1 Å². The van der Waals surface area contributed by atoms with Gasteiger partial charge in [0.2, 0.25) is 0 Å². The molecule has 0 bridgehead atoms. The second-order valence-electron chi connectivity index (χ2n) is 6.83. The number of furan rings is 1. The van der Waals surface area contributed by atoms with E-state index in [1.807, 2.05) is 0 Å². The van der Waals surface area contributed by atoms with Crippen LogP contribution in [-0.4, -0.2) is 37.3 Å². The fourth-order valence-electron chi connectivity index (χ4n) is 3.44. The molecular formula is C21H19ClN2O7. The van der Waals surface area contributed by atoms with Gasteiger partial charge in [-0.1, -0.05) is 11.6 Å². The van der Waals surface area contributed by atoms with Gasteiger partial charge in [-0.25, -0.2) is 14.4 Å². The average molecular weight is 447 g/mol. The summed E-state index contributed by atoms with van der Waals surface area (Å²) in [4.78, 5) is 37.3. The standard InChI is InChI=1S/C21H19ClN2O7/c1-2-28-20(26)17-13(23-21(27)24-18(17)15-4-3-7-29-15)10-30-19(25)16-9-11-8-12(22)5-6-14(11)31-16/h3-8,16,18H,2,9-10H2,1H3,(H2,23,24,27)/t16-,18-/m0/s1. The highest BCUT2D eigenvalue weighted by Crippen LogP contribution is 2.32. The number of hydrogen-bond acceptors (Lipinski definition) is 7. The SMILES string of the molecule is CCOC(=O)C1=C(COC(=O)[C@@H]2Cc3cc(Cl)ccc3O2)NC(=O)N[C@H]1c1ccco1. The zero-order chi connectivity index (χ0) is 22.0. The Morgan fingerprint density at radius 1 is 1.26 bits per heavy atom. The maximum atomic E-state index is 12.6. The molecule has 0 aliphatic carbocycles. The lowest BCUT2D eigenvalue weighted by Gasteiger charge is -2.27. The third-order valence-corrected chi connectivity index (χ3v) is 5.03. The van der Waals surface area contributed by atoms with E-state index < -0.39 is 30.1 Å². The second kappa shape index (κ2) is 8.73. The number of hydrogen-bond donors (Lipinski definition) is 2. The molecular weight excluding hydrogens is 428 g/mol. The van der Waals surface area contributed by atoms with Crippen LogP contribution in [0.15, 0.2) is 52.3 Å². The fourth-order valence-corrected chi connectivity index (χ4v) is 3.63. The van der Waals surface area contributed by atoms with E-state index in [1.165, 1.54) is 6.26 Å². The molecule has 0 spiro atoms. The van der Waals surface area contributed by atoms with Gasteiger partial charge < -0.3 is 29.3 Å². The molecule has 1 aromatic carbocycles. The molecule has 162 valence electrons. The lowest BCUT2D eigenvalue weighted by Crippen LogP contribution is -2.47. The molecule has 2 amide bonds. The van der Waals surface area contributed by atoms with E-state index in [0.29, 0.717) is 23.0 Å². The van der Waals surface area contributed by atoms with Crippen LogP contribution in [0.3, 0.4) is 0 Å². The molecule has 0 saturated heterocycles. The van der Waals surface area contributed by atoms with Crippen molar-refractivity contribution in [2.75, 3.05) is 13.2 Å². The molecule has 2 N–H and O–H groups in total. The van der Waals surface area contributed by atoms with Crippen LogP contribution >= 0.6 is 11.6 Å². The smallest absolute Gasteiger partial charge is 0.348 e. The molecule has 31 heavy (non-hydrogen) atoms. The molecule has 1 aromatic heterocycles. The Hall–Kier alpha value is -3.46. The van der Waals surface area contributed by atoms with Gasteiger partial charge in [0.15, 0.2) is 6.10 Å². The van der Waals surface area contributed by atoms with Crippen molar-refractivity contribution < 1.29 is 33.0 Å². The van der Waals surface area contributed by atoms with Crippen molar-refractivity contribution in [3.8, 4) is 5.75 Å². The number of halogens is 1. The molecule has 10 heteroatoms. The summed E-state index contributed by atoms with van der Waals surface area (Å²) in [7, 11) is 0. The molecule has 4 rings (SSSR count). The van der Waals surface area contributed by atoms with E-state index in [4.69, 9.17) is 30.2 Å². The molecule has 2 aliphatic rings. The Balaban J connectivity index is 1.53. The minimum absolute atomic E-state index is 0.0895. The number of urea groups is 1.